The van der Waals surface area contributed by atoms with E-state index in [1.807, 2.05) is 146 Å². The van der Waals surface area contributed by atoms with Crippen LogP contribution in [-0.4, -0.2) is 0 Å². The fourth-order valence-corrected chi connectivity index (χ4v) is 15.7. The van der Waals surface area contributed by atoms with E-state index in [0.717, 1.165) is 76.4 Å². The van der Waals surface area contributed by atoms with Crippen molar-refractivity contribution in [2.45, 2.75) is 0 Å². The fraction of sp³-hybridized carbons (Fsp3) is 0. The Balaban J connectivity index is 0.000000154. The summed E-state index contributed by atoms with van der Waals surface area (Å²) in [7, 11) is 0. The monoisotopic (exact) mass is 888 g/mol. The molecule has 60 heavy (non-hydrogen) atoms. The summed E-state index contributed by atoms with van der Waals surface area (Å²) in [5, 5.41) is 7.78. The van der Waals surface area contributed by atoms with Gasteiger partial charge in [0.05, 0.1) is 12.1 Å². The van der Waals surface area contributed by atoms with Crippen molar-refractivity contribution in [1.29, 1.82) is 0 Å². The first-order chi connectivity index (χ1) is 29.4. The van der Waals surface area contributed by atoms with E-state index >= 15 is 0 Å². The third kappa shape index (κ3) is 7.54. The summed E-state index contributed by atoms with van der Waals surface area (Å²) in [6, 6.07) is 68.7. The molecule has 0 aliphatic rings. The van der Waals surface area contributed by atoms with Gasteiger partial charge < -0.3 is 8.83 Å². The summed E-state index contributed by atoms with van der Waals surface area (Å²) in [5.74, 6) is 0. The second-order valence-corrected chi connectivity index (χ2v) is 23.6. The average molecular weight is 890 g/mol. The van der Waals surface area contributed by atoms with Gasteiger partial charge in [-0.15, -0.1) is 0 Å². The van der Waals surface area contributed by atoms with Crippen molar-refractivity contribution in [3.8, 4) is 22.3 Å². The molecular formula is C52H36Cl2O2P2S2. The van der Waals surface area contributed by atoms with Crippen molar-refractivity contribution in [3.63, 3.8) is 0 Å². The van der Waals surface area contributed by atoms with Crippen LogP contribution in [0.5, 0.6) is 0 Å². The summed E-state index contributed by atoms with van der Waals surface area (Å²) in [5.41, 5.74) is 7.51. The first-order valence-electron chi connectivity index (χ1n) is 19.3. The molecule has 0 radical (unpaired) electrons. The molecule has 2 heterocycles. The van der Waals surface area contributed by atoms with Crippen LogP contribution < -0.4 is 32.2 Å². The maximum Gasteiger partial charge on any atom is 0.153 e. The first-order valence-corrected chi connectivity index (χ1v) is 25.7. The van der Waals surface area contributed by atoms with Crippen molar-refractivity contribution >= 4 is 113 Å². The van der Waals surface area contributed by atoms with Crippen LogP contribution in [0.4, 0.5) is 0 Å². The molecule has 8 aromatic carbocycles. The molecule has 0 aliphatic heterocycles. The van der Waals surface area contributed by atoms with Crippen LogP contribution in [0.15, 0.2) is 227 Å². The van der Waals surface area contributed by atoms with Gasteiger partial charge in [0.2, 0.25) is 0 Å². The van der Waals surface area contributed by atoms with E-state index in [4.69, 9.17) is 55.6 Å². The van der Waals surface area contributed by atoms with E-state index in [1.165, 1.54) is 0 Å². The van der Waals surface area contributed by atoms with Gasteiger partial charge in [-0.1, -0.05) is 229 Å². The Bertz CT molecular complexity index is 2850. The standard InChI is InChI=1S/2C26H18ClOPS/c2*27-20-16-17-23-24(18-20)28-26(25(23)19-10-4-1-5-11-19)29(30,21-12-6-2-7-13-21)22-14-8-3-9-15-22/h2*1-18H. The Morgan fingerprint density at radius 1 is 0.333 bits per heavy atom. The van der Waals surface area contributed by atoms with E-state index in [2.05, 4.69) is 72.8 Å². The van der Waals surface area contributed by atoms with E-state index in [1.54, 1.807) is 0 Å². The van der Waals surface area contributed by atoms with Gasteiger partial charge in [0.25, 0.3) is 0 Å². The van der Waals surface area contributed by atoms with Gasteiger partial charge in [0, 0.05) is 44.1 Å². The molecule has 2 nitrogen and oxygen atoms in total. The second-order valence-electron chi connectivity index (χ2n) is 14.1. The van der Waals surface area contributed by atoms with Gasteiger partial charge in [-0.05, 0) is 56.6 Å². The van der Waals surface area contributed by atoms with E-state index in [9.17, 15) is 0 Å². The molecule has 0 unspecified atom stereocenters. The summed E-state index contributed by atoms with van der Waals surface area (Å²) >= 11 is 25.7. The molecule has 0 atom stereocenters. The smallest absolute Gasteiger partial charge is 0.153 e. The van der Waals surface area contributed by atoms with E-state index in [-0.39, 0.29) is 0 Å². The van der Waals surface area contributed by atoms with Crippen LogP contribution in [0.25, 0.3) is 44.2 Å². The van der Waals surface area contributed by atoms with Gasteiger partial charge in [-0.25, -0.2) is 0 Å². The third-order valence-electron chi connectivity index (χ3n) is 10.4. The van der Waals surface area contributed by atoms with Crippen molar-refractivity contribution in [3.05, 3.63) is 228 Å². The fourth-order valence-electron chi connectivity index (χ4n) is 7.64. The van der Waals surface area contributed by atoms with Gasteiger partial charge in [0.1, 0.15) is 11.2 Å². The molecule has 2 aromatic heterocycles. The lowest BCUT2D eigenvalue weighted by atomic mass is 10.1. The maximum absolute atomic E-state index is 6.57. The Morgan fingerprint density at radius 3 is 0.883 bits per heavy atom. The minimum absolute atomic E-state index is 0.648. The molecule has 10 aromatic rings. The average Bonchev–Trinajstić information content (AvgIpc) is 3.89. The van der Waals surface area contributed by atoms with Gasteiger partial charge in [0.15, 0.2) is 11.0 Å². The van der Waals surface area contributed by atoms with Crippen LogP contribution in [0, 0.1) is 0 Å². The number of hydrogen-bond donors (Lipinski definition) is 0. The minimum atomic E-state index is -2.44. The number of furan rings is 2. The van der Waals surface area contributed by atoms with Gasteiger partial charge in [-0.2, -0.15) is 0 Å². The van der Waals surface area contributed by atoms with Crippen LogP contribution >= 0.6 is 35.3 Å². The number of fused-ring (bicyclic) bond motifs is 2. The van der Waals surface area contributed by atoms with Crippen molar-refractivity contribution in [2.24, 2.45) is 0 Å². The van der Waals surface area contributed by atoms with Crippen LogP contribution in [0.2, 0.25) is 10.0 Å². The lowest BCUT2D eigenvalue weighted by Gasteiger charge is -2.22. The molecular weight excluding hydrogens is 854 g/mol. The van der Waals surface area contributed by atoms with Crippen molar-refractivity contribution in [2.75, 3.05) is 0 Å². The molecule has 8 heteroatoms. The molecule has 0 amide bonds. The van der Waals surface area contributed by atoms with Crippen molar-refractivity contribution < 1.29 is 8.83 Å². The Morgan fingerprint density at radius 2 is 0.600 bits per heavy atom. The minimum Gasteiger partial charge on any atom is -0.454 e. The first kappa shape index (κ1) is 40.1. The van der Waals surface area contributed by atoms with Crippen molar-refractivity contribution in [1.82, 2.24) is 0 Å². The highest BCUT2D eigenvalue weighted by Gasteiger charge is 2.34. The predicted octanol–water partition coefficient (Wildman–Crippen LogP) is 13.0. The third-order valence-corrected chi connectivity index (χ3v) is 20.3. The van der Waals surface area contributed by atoms with E-state index in [0.29, 0.717) is 10.0 Å². The molecule has 0 N–H and O–H groups in total. The number of halogens is 2. The van der Waals surface area contributed by atoms with Gasteiger partial charge in [-0.3, -0.25) is 0 Å². The zero-order valence-electron chi connectivity index (χ0n) is 32.1. The summed E-state index contributed by atoms with van der Waals surface area (Å²) in [6.45, 7) is 0. The topological polar surface area (TPSA) is 26.3 Å². The zero-order chi connectivity index (χ0) is 41.1. The lowest BCUT2D eigenvalue weighted by molar-refractivity contribution is 0.655. The molecule has 0 aliphatic carbocycles. The second kappa shape index (κ2) is 17.4. The number of hydrogen-bond acceptors (Lipinski definition) is 4. The van der Waals surface area contributed by atoms with E-state index < -0.39 is 12.1 Å². The predicted molar refractivity (Wildman–Crippen MR) is 265 cm³/mol. The Kier molecular flexibility index (Phi) is 11.6. The molecule has 10 rings (SSSR count). The zero-order valence-corrected chi connectivity index (χ0v) is 37.0. The molecule has 0 spiro atoms. The number of benzene rings is 8. The lowest BCUT2D eigenvalue weighted by Crippen LogP contribution is -2.25. The van der Waals surface area contributed by atoms with Crippen LogP contribution in [-0.2, 0) is 23.6 Å². The Hall–Kier alpha value is -5.28. The summed E-state index contributed by atoms with van der Waals surface area (Å²) in [4.78, 5) is 0. The highest BCUT2D eigenvalue weighted by Crippen LogP contribution is 2.50. The van der Waals surface area contributed by atoms with Gasteiger partial charge >= 0.3 is 0 Å². The van der Waals surface area contributed by atoms with Crippen LogP contribution in [0.1, 0.15) is 0 Å². The normalized spacial score (nSPS) is 11.6. The Labute approximate surface area is 370 Å². The molecule has 0 saturated heterocycles. The molecule has 292 valence electrons. The maximum atomic E-state index is 6.57. The summed E-state index contributed by atoms with van der Waals surface area (Å²) < 4.78 is 13.1. The van der Waals surface area contributed by atoms with Crippen LogP contribution in [0.3, 0.4) is 0 Å². The SMILES string of the molecule is S=P(c1ccccc1)(c1ccccc1)c1oc2cc(Cl)ccc2c1-c1ccccc1.S=P(c1ccccc1)(c1ccccc1)c1oc2cc(Cl)ccc2c1-c1ccccc1. The highest BCUT2D eigenvalue weighted by atomic mass is 35.5. The molecule has 0 bridgehead atoms. The quantitative estimate of drug-likeness (QED) is 0.142. The number of rotatable bonds is 8. The molecule has 0 fully saturated rings. The molecule has 0 saturated carbocycles. The highest BCUT2D eigenvalue weighted by molar-refractivity contribution is 8.26. The summed E-state index contributed by atoms with van der Waals surface area (Å²) in [6.07, 6.45) is 0. The largest absolute Gasteiger partial charge is 0.454 e.